The zero-order valence-electron chi connectivity index (χ0n) is 12.1. The van der Waals surface area contributed by atoms with Gasteiger partial charge in [-0.15, -0.1) is 11.3 Å². The van der Waals surface area contributed by atoms with Gasteiger partial charge in [0, 0.05) is 12.5 Å². The van der Waals surface area contributed by atoms with E-state index in [4.69, 9.17) is 4.74 Å². The maximum atomic E-state index is 12.5. The van der Waals surface area contributed by atoms with E-state index >= 15 is 0 Å². The molecule has 0 unspecified atom stereocenters. The van der Waals surface area contributed by atoms with Crippen molar-refractivity contribution in [3.8, 4) is 0 Å². The lowest BCUT2D eigenvalue weighted by Crippen LogP contribution is -2.49. The lowest BCUT2D eigenvalue weighted by Gasteiger charge is -2.35. The Labute approximate surface area is 130 Å². The number of ether oxygens (including phenoxy) is 1. The molecule has 9 heteroatoms. The molecule has 2 heterocycles. The molecule has 0 saturated carbocycles. The van der Waals surface area contributed by atoms with Gasteiger partial charge in [0.05, 0.1) is 18.6 Å². The normalized spacial score (nSPS) is 18.2. The van der Waals surface area contributed by atoms with E-state index in [0.717, 1.165) is 16.7 Å². The van der Waals surface area contributed by atoms with Crippen LogP contribution in [0, 0.1) is 5.41 Å². The molecule has 1 aliphatic rings. The fourth-order valence-electron chi connectivity index (χ4n) is 2.48. The lowest BCUT2D eigenvalue weighted by molar-refractivity contribution is -0.140. The fraction of sp³-hybridized carbons (Fsp3) is 0.692. The smallest absolute Gasteiger partial charge is 0.384 e. The number of hydrogen-bond acceptors (Lipinski definition) is 5. The fourth-order valence-corrected chi connectivity index (χ4v) is 3.22. The third-order valence-corrected chi connectivity index (χ3v) is 4.55. The largest absolute Gasteiger partial charge is 0.434 e. The van der Waals surface area contributed by atoms with Gasteiger partial charge in [-0.05, 0) is 25.9 Å². The Balaban J connectivity index is 1.97. The number of nitrogens with zero attached hydrogens (tertiary/aromatic N) is 1. The van der Waals surface area contributed by atoms with Crippen LogP contribution in [0.25, 0.3) is 0 Å². The van der Waals surface area contributed by atoms with E-state index in [1.165, 1.54) is 7.11 Å². The molecule has 0 spiro atoms. The summed E-state index contributed by atoms with van der Waals surface area (Å²) in [5.74, 6) is -0.195. The summed E-state index contributed by atoms with van der Waals surface area (Å²) in [4.78, 5) is 15.9. The Morgan fingerprint density at radius 3 is 2.73 bits per heavy atom. The molecule has 0 atom stereocenters. The molecule has 5 nitrogen and oxygen atoms in total. The van der Waals surface area contributed by atoms with Crippen molar-refractivity contribution in [3.63, 3.8) is 0 Å². The number of carbonyl (C=O) groups is 1. The van der Waals surface area contributed by atoms with Crippen molar-refractivity contribution in [1.82, 2.24) is 15.6 Å². The van der Waals surface area contributed by atoms with Crippen molar-refractivity contribution in [3.05, 3.63) is 16.1 Å². The molecule has 124 valence electrons. The van der Waals surface area contributed by atoms with Crippen molar-refractivity contribution >= 4 is 17.2 Å². The molecule has 0 aliphatic carbocycles. The number of alkyl halides is 3. The summed E-state index contributed by atoms with van der Waals surface area (Å²) in [6, 6.07) is 0. The van der Waals surface area contributed by atoms with Gasteiger partial charge in [-0.3, -0.25) is 4.79 Å². The van der Waals surface area contributed by atoms with Crippen molar-refractivity contribution in [2.45, 2.75) is 25.6 Å². The van der Waals surface area contributed by atoms with Gasteiger partial charge in [-0.1, -0.05) is 0 Å². The topological polar surface area (TPSA) is 63.2 Å². The standard InChI is InChI=1S/C13H18F3N3O2S/c1-21-8-12(2-4-17-5-3-12)11(20)18-6-10-19-9(7-22-10)13(14,15)16/h7,17H,2-6,8H2,1H3,(H,18,20). The Morgan fingerprint density at radius 1 is 1.50 bits per heavy atom. The summed E-state index contributed by atoms with van der Waals surface area (Å²) in [5, 5.41) is 7.06. The Kier molecular flexibility index (Phi) is 5.41. The minimum atomic E-state index is -4.45. The molecule has 1 amide bonds. The van der Waals surface area contributed by atoms with Crippen LogP contribution in [0.3, 0.4) is 0 Å². The monoisotopic (exact) mass is 337 g/mol. The van der Waals surface area contributed by atoms with Gasteiger partial charge in [-0.2, -0.15) is 13.2 Å². The van der Waals surface area contributed by atoms with Gasteiger partial charge in [-0.25, -0.2) is 4.98 Å². The van der Waals surface area contributed by atoms with Crippen LogP contribution in [0.4, 0.5) is 13.2 Å². The van der Waals surface area contributed by atoms with E-state index < -0.39 is 17.3 Å². The van der Waals surface area contributed by atoms with Crippen LogP contribution in [-0.4, -0.2) is 37.7 Å². The SMILES string of the molecule is COCC1(C(=O)NCc2nc(C(F)(F)F)cs2)CCNCC1. The molecule has 22 heavy (non-hydrogen) atoms. The van der Waals surface area contributed by atoms with E-state index in [1.54, 1.807) is 0 Å². The van der Waals surface area contributed by atoms with Crippen molar-refractivity contribution in [1.29, 1.82) is 0 Å². The number of hydrogen-bond donors (Lipinski definition) is 2. The maximum Gasteiger partial charge on any atom is 0.434 e. The molecule has 0 aromatic carbocycles. The van der Waals surface area contributed by atoms with Gasteiger partial charge < -0.3 is 15.4 Å². The minimum absolute atomic E-state index is 0.00152. The lowest BCUT2D eigenvalue weighted by atomic mass is 9.78. The number of nitrogens with one attached hydrogen (secondary N) is 2. The third kappa shape index (κ3) is 3.96. The van der Waals surface area contributed by atoms with Gasteiger partial charge in [0.1, 0.15) is 5.01 Å². The molecule has 1 saturated heterocycles. The molecule has 1 aliphatic heterocycles. The summed E-state index contributed by atoms with van der Waals surface area (Å²) < 4.78 is 42.6. The summed E-state index contributed by atoms with van der Waals surface area (Å²) in [6.45, 7) is 1.73. The molecule has 1 aromatic heterocycles. The highest BCUT2D eigenvalue weighted by Crippen LogP contribution is 2.31. The van der Waals surface area contributed by atoms with E-state index in [1.807, 2.05) is 0 Å². The van der Waals surface area contributed by atoms with Crippen molar-refractivity contribution < 1.29 is 22.7 Å². The first-order chi connectivity index (χ1) is 10.4. The van der Waals surface area contributed by atoms with E-state index in [9.17, 15) is 18.0 Å². The number of piperidine rings is 1. The quantitative estimate of drug-likeness (QED) is 0.860. The molecular weight excluding hydrogens is 319 g/mol. The van der Waals surface area contributed by atoms with Crippen LogP contribution in [-0.2, 0) is 22.3 Å². The van der Waals surface area contributed by atoms with E-state index in [0.29, 0.717) is 32.5 Å². The first-order valence-corrected chi connectivity index (χ1v) is 7.75. The highest BCUT2D eigenvalue weighted by molar-refractivity contribution is 7.09. The summed E-state index contributed by atoms with van der Waals surface area (Å²) in [5.41, 5.74) is -1.54. The number of carbonyl (C=O) groups excluding carboxylic acids is 1. The highest BCUT2D eigenvalue weighted by atomic mass is 32.1. The molecular formula is C13H18F3N3O2S. The average molecular weight is 337 g/mol. The van der Waals surface area contributed by atoms with Crippen LogP contribution >= 0.6 is 11.3 Å². The second-order valence-corrected chi connectivity index (χ2v) is 6.21. The molecule has 2 rings (SSSR count). The molecule has 0 radical (unpaired) electrons. The molecule has 0 bridgehead atoms. The molecule has 2 N–H and O–H groups in total. The van der Waals surface area contributed by atoms with Gasteiger partial charge in [0.15, 0.2) is 5.69 Å². The Morgan fingerprint density at radius 2 is 2.18 bits per heavy atom. The zero-order valence-corrected chi connectivity index (χ0v) is 12.9. The van der Waals surface area contributed by atoms with E-state index in [2.05, 4.69) is 15.6 Å². The number of amides is 1. The van der Waals surface area contributed by atoms with Crippen molar-refractivity contribution in [2.24, 2.45) is 5.41 Å². The van der Waals surface area contributed by atoms with Crippen LogP contribution in [0.5, 0.6) is 0 Å². The first kappa shape index (κ1) is 17.2. The first-order valence-electron chi connectivity index (χ1n) is 6.87. The average Bonchev–Trinajstić information content (AvgIpc) is 2.95. The zero-order chi connectivity index (χ0) is 16.2. The number of halogens is 3. The van der Waals surface area contributed by atoms with Gasteiger partial charge in [0.25, 0.3) is 0 Å². The molecule has 1 aromatic rings. The third-order valence-electron chi connectivity index (χ3n) is 3.71. The minimum Gasteiger partial charge on any atom is -0.384 e. The number of aromatic nitrogens is 1. The maximum absolute atomic E-state index is 12.5. The summed E-state index contributed by atoms with van der Waals surface area (Å²) in [6.07, 6.45) is -3.18. The van der Waals surface area contributed by atoms with Gasteiger partial charge >= 0.3 is 6.18 Å². The van der Waals surface area contributed by atoms with Crippen LogP contribution in [0.15, 0.2) is 5.38 Å². The number of thiazole rings is 1. The molecule has 1 fully saturated rings. The predicted octanol–water partition coefficient (Wildman–Crippen LogP) is 1.79. The van der Waals surface area contributed by atoms with E-state index in [-0.39, 0.29) is 17.5 Å². The van der Waals surface area contributed by atoms with Crippen LogP contribution < -0.4 is 10.6 Å². The highest BCUT2D eigenvalue weighted by Gasteiger charge is 2.39. The Hall–Kier alpha value is -1.19. The van der Waals surface area contributed by atoms with Crippen molar-refractivity contribution in [2.75, 3.05) is 26.8 Å². The second kappa shape index (κ2) is 6.93. The Bertz CT molecular complexity index is 507. The second-order valence-electron chi connectivity index (χ2n) is 5.27. The summed E-state index contributed by atoms with van der Waals surface area (Å²) >= 11 is 0.888. The number of methoxy groups -OCH3 is 1. The predicted molar refractivity (Wildman–Crippen MR) is 75.4 cm³/mol. The number of rotatable bonds is 5. The van der Waals surface area contributed by atoms with Crippen LogP contribution in [0.1, 0.15) is 23.5 Å². The van der Waals surface area contributed by atoms with Crippen LogP contribution in [0.2, 0.25) is 0 Å². The summed E-state index contributed by atoms with van der Waals surface area (Å²) in [7, 11) is 1.54. The van der Waals surface area contributed by atoms with Gasteiger partial charge in [0.2, 0.25) is 5.91 Å².